The number of hydrogen-bond acceptors (Lipinski definition) is 43. The van der Waals surface area contributed by atoms with Crippen molar-refractivity contribution in [2.75, 3.05) is 91.2 Å². The number of nitrogens with zero attached hydrogens (tertiary/aromatic N) is 18. The summed E-state index contributed by atoms with van der Waals surface area (Å²) in [5, 5.41) is 42.3. The average Bonchev–Trinajstić information content (AvgIpc) is 1.59. The molecule has 0 bridgehead atoms. The summed E-state index contributed by atoms with van der Waals surface area (Å²) < 4.78 is 102. The van der Waals surface area contributed by atoms with Gasteiger partial charge in [-0.1, -0.05) is 105 Å². The third-order valence-electron chi connectivity index (χ3n) is 18.0. The van der Waals surface area contributed by atoms with Gasteiger partial charge in [-0.3, -0.25) is 34.6 Å². The molecule has 724 valence electrons. The van der Waals surface area contributed by atoms with E-state index in [4.69, 9.17) is 111 Å². The van der Waals surface area contributed by atoms with Crippen LogP contribution in [-0.2, 0) is 24.0 Å². The highest BCUT2D eigenvalue weighted by Gasteiger charge is 2.28. The van der Waals surface area contributed by atoms with E-state index in [1.165, 1.54) is 64.4 Å². The fraction of sp³-hybridized carbons (Fsp3) is 0.267. The van der Waals surface area contributed by atoms with E-state index in [0.29, 0.717) is 128 Å². The number of ether oxygens (including phenoxy) is 10. The van der Waals surface area contributed by atoms with Crippen molar-refractivity contribution in [2.24, 2.45) is 10.9 Å². The molecule has 0 fully saturated rings. The van der Waals surface area contributed by atoms with Crippen molar-refractivity contribution < 1.29 is 103 Å². The Morgan fingerprint density at radius 2 is 0.686 bits per heavy atom. The predicted molar refractivity (Wildman–Crippen MR) is 494 cm³/mol. The molecule has 0 radical (unpaired) electrons. The van der Waals surface area contributed by atoms with Crippen molar-refractivity contribution in [3.8, 4) is 126 Å². The van der Waals surface area contributed by atoms with Crippen LogP contribution in [0.4, 0.5) is 72.0 Å². The summed E-state index contributed by atoms with van der Waals surface area (Å²) in [6.45, 7) is 20.1. The second kappa shape index (κ2) is 50.9. The third-order valence-corrected chi connectivity index (χ3v) is 18.0. The lowest BCUT2D eigenvalue weighted by atomic mass is 9.99. The Morgan fingerprint density at radius 1 is 0.394 bits per heavy atom. The molecule has 13 aromatic rings. The van der Waals surface area contributed by atoms with Crippen LogP contribution in [-0.4, -0.2) is 165 Å². The monoisotopic (exact) mass is 1900 g/mol. The minimum absolute atomic E-state index is 0. The van der Waals surface area contributed by atoms with E-state index in [2.05, 4.69) is 113 Å². The summed E-state index contributed by atoms with van der Waals surface area (Å²) in [6.07, 6.45) is 6.69. The van der Waals surface area contributed by atoms with Gasteiger partial charge in [0.25, 0.3) is 0 Å². The van der Waals surface area contributed by atoms with Gasteiger partial charge in [0.05, 0.1) is 94.4 Å². The number of aromatic nitrogens is 16. The highest BCUT2D eigenvalue weighted by Crippen LogP contribution is 2.46. The molecule has 8 aromatic heterocycles. The van der Waals surface area contributed by atoms with Gasteiger partial charge in [0.1, 0.15) is 63.6 Å². The Kier molecular flexibility index (Phi) is 39.9. The molecule has 0 spiro atoms. The van der Waals surface area contributed by atoms with Crippen LogP contribution in [0.1, 0.15) is 153 Å². The number of nitriles is 1. The topological polar surface area (TPSA) is 710 Å². The van der Waals surface area contributed by atoms with Crippen molar-refractivity contribution >= 4 is 96.6 Å². The second-order valence-corrected chi connectivity index (χ2v) is 28.6. The van der Waals surface area contributed by atoms with Crippen molar-refractivity contribution in [1.82, 2.24) is 80.3 Å². The van der Waals surface area contributed by atoms with Crippen molar-refractivity contribution in [3.63, 3.8) is 0 Å². The van der Waals surface area contributed by atoms with Crippen LogP contribution < -0.4 is 109 Å². The number of benzene rings is 5. The van der Waals surface area contributed by atoms with Crippen molar-refractivity contribution in [3.05, 3.63) is 150 Å². The molecule has 0 atom stereocenters. The van der Waals surface area contributed by atoms with Crippen molar-refractivity contribution in [2.45, 2.75) is 120 Å². The number of methoxy groups -OCH3 is 5. The summed E-state index contributed by atoms with van der Waals surface area (Å²) in [5.74, 6) is 8.70. The summed E-state index contributed by atoms with van der Waals surface area (Å²) >= 11 is 0. The first-order valence-electron chi connectivity index (χ1n) is 39.4. The van der Waals surface area contributed by atoms with Gasteiger partial charge in [-0.25, -0.2) is 24.9 Å². The lowest BCUT2D eigenvalue weighted by Crippen LogP contribution is -2.15. The molecule has 8 heterocycles. The van der Waals surface area contributed by atoms with Crippen LogP contribution in [0, 0.1) is 11.3 Å². The maximum atomic E-state index is 11.0. The molecule has 4 amide bonds. The fourth-order valence-electron chi connectivity index (χ4n) is 11.6. The number of carbonyl (C=O) groups is 5. The van der Waals surface area contributed by atoms with Gasteiger partial charge in [-0.2, -0.15) is 58.3 Å². The SMILES string of the molecule is C.C.COc1cc(C(C)C)c(Oc2cnc(N)nc2N)cc1/C(N)=N/O.COc1cc(C(C)C)c(Oc2cnc(N)nc2N)cc1C#N.COc1cc(C(C)C)c(Oc2cnc(N)nc2NC=O)cc1-c1ncon1.COc1cc(C(C)C)c(Oc2cnc(NC=O)nc2N)cc1-c1ncon1.COc1cc(C(C)C)c(Oc2cnc(NC=O)nc2NC=O)cc1-c1ncon1.O=CC(F)(F)F. The van der Waals surface area contributed by atoms with Crippen LogP contribution >= 0.6 is 0 Å². The van der Waals surface area contributed by atoms with Gasteiger partial charge >= 0.3 is 6.18 Å². The zero-order valence-corrected chi connectivity index (χ0v) is 74.7. The molecule has 137 heavy (non-hydrogen) atoms. The van der Waals surface area contributed by atoms with E-state index >= 15 is 0 Å². The number of nitrogen functional groups attached to an aromatic ring is 6. The lowest BCUT2D eigenvalue weighted by molar-refractivity contribution is -0.156. The number of aldehydes is 1. The number of anilines is 10. The second-order valence-electron chi connectivity index (χ2n) is 28.6. The first kappa shape index (κ1) is 108. The predicted octanol–water partition coefficient (Wildman–Crippen LogP) is 13.9. The standard InChI is InChI=1S/C18H18N6O5.2C17H18N6O4.C15H20N6O3.C15H17N5O2.C2HF3O.2CH4/c1-10(2)11-4-13(27-3)12(16-22-9-28-24-16)5-14(11)29-15-6-19-18(21-8-26)23-17(15)20-7-25;1-9(2)10-4-12(25-3)11(16-21-8-26-23-16)5-13(10)27-14-6-19-17(20-7-24)22-15(14)18;1-9(2)10-4-12(25-3)11(15-21-8-26-23-15)5-13(10)27-14-6-19-17(18)22-16(14)20-7-24;1-7(2)8-4-10(23-3)9(13(16)21-22)5-11(8)24-12-6-19-15(18)20-14(12)17;1-8(2)10-5-11(21-3)9(6-16)4-12(10)22-13-7-19-15(18)20-14(13)17;3-2(4,5)1-6;;/h4-10H,1-3H3,(H2,19,20,21,23,25,26);2*4-9H,1-3H3,(H3,18,19,20,22,24);4-7,22H,1-3H3,(H2,16,21)(H4,17,18,19,20);4-5,7-8H,1-3H3,(H4,17,18,19,20);1H;2*1H4. The molecule has 0 unspecified atom stereocenters. The van der Waals surface area contributed by atoms with E-state index in [0.717, 1.165) is 27.8 Å². The number of alkyl halides is 3. The van der Waals surface area contributed by atoms with E-state index in [1.807, 2.05) is 87.4 Å². The molecule has 0 aliphatic heterocycles. The summed E-state index contributed by atoms with van der Waals surface area (Å²) in [4.78, 5) is 103. The molecule has 5 aromatic carbocycles. The summed E-state index contributed by atoms with van der Waals surface area (Å²) in [6, 6.07) is 19.6. The van der Waals surface area contributed by atoms with Gasteiger partial charge in [0.2, 0.25) is 98.3 Å². The molecule has 48 nitrogen and oxygen atoms in total. The summed E-state index contributed by atoms with van der Waals surface area (Å²) in [7, 11) is 7.69. The highest BCUT2D eigenvalue weighted by atomic mass is 19.4. The Hall–Kier alpha value is -18.2. The van der Waals surface area contributed by atoms with Gasteiger partial charge in [-0.05, 0) is 84.2 Å². The first-order chi connectivity index (χ1) is 64.5. The molecule has 0 aliphatic rings. The zero-order chi connectivity index (χ0) is 98.9. The molecule has 13 rings (SSSR count). The van der Waals surface area contributed by atoms with Crippen LogP contribution in [0.15, 0.2) is 130 Å². The van der Waals surface area contributed by atoms with E-state index < -0.39 is 12.5 Å². The molecule has 51 heteroatoms. The molecule has 0 saturated carbocycles. The van der Waals surface area contributed by atoms with Gasteiger partial charge in [0, 0.05) is 33.9 Å². The van der Waals surface area contributed by atoms with E-state index in [-0.39, 0.29) is 138 Å². The number of hydrogen-bond donors (Lipinski definition) is 12. The van der Waals surface area contributed by atoms with Crippen LogP contribution in [0.25, 0.3) is 34.2 Å². The number of carbonyl (C=O) groups excluding carboxylic acids is 5. The quantitative estimate of drug-likeness (QED) is 0.00612. The number of rotatable bonds is 32. The largest absolute Gasteiger partial charge is 0.496 e. The Morgan fingerprint density at radius 3 is 0.993 bits per heavy atom. The maximum absolute atomic E-state index is 11.0. The van der Waals surface area contributed by atoms with Gasteiger partial charge < -0.3 is 117 Å². The zero-order valence-electron chi connectivity index (χ0n) is 74.7. The number of amidine groups is 1. The van der Waals surface area contributed by atoms with Gasteiger partial charge in [-0.15, -0.1) is 0 Å². The Bertz CT molecular complexity index is 6290. The molecular formula is C86H100F3N29O19. The molecular weight excluding hydrogens is 1800 g/mol. The molecule has 0 aliphatic carbocycles. The molecule has 19 N–H and O–H groups in total. The number of oxime groups is 1. The normalized spacial score (nSPS) is 10.6. The van der Waals surface area contributed by atoms with Crippen LogP contribution in [0.3, 0.4) is 0 Å². The number of amides is 4. The molecule has 0 saturated heterocycles. The Balaban J connectivity index is 0.000000258. The number of nitrogens with one attached hydrogen (secondary N) is 4. The number of halogens is 3. The average molecular weight is 1900 g/mol. The maximum Gasteiger partial charge on any atom is 0.446 e. The smallest absolute Gasteiger partial charge is 0.446 e. The van der Waals surface area contributed by atoms with Crippen LogP contribution in [0.2, 0.25) is 0 Å². The minimum Gasteiger partial charge on any atom is -0.496 e. The minimum atomic E-state index is -4.64. The fourth-order valence-corrected chi connectivity index (χ4v) is 11.6. The highest BCUT2D eigenvalue weighted by molar-refractivity contribution is 6.00. The third kappa shape index (κ3) is 29.2. The number of nitrogens with two attached hydrogens (primary N) is 7. The lowest BCUT2D eigenvalue weighted by Gasteiger charge is -2.18. The first-order valence-corrected chi connectivity index (χ1v) is 39.4. The van der Waals surface area contributed by atoms with Gasteiger partial charge in [0.15, 0.2) is 63.7 Å². The Labute approximate surface area is 780 Å². The van der Waals surface area contributed by atoms with E-state index in [9.17, 15) is 37.6 Å². The van der Waals surface area contributed by atoms with Crippen LogP contribution in [0.5, 0.6) is 86.2 Å². The van der Waals surface area contributed by atoms with E-state index in [1.54, 1.807) is 63.8 Å². The summed E-state index contributed by atoms with van der Waals surface area (Å²) in [5.41, 5.74) is 46.6. The van der Waals surface area contributed by atoms with Crippen molar-refractivity contribution in [1.29, 1.82) is 5.26 Å².